The number of carbonyl (C=O) groups excluding carboxylic acids is 3. The SMILES string of the molecule is NC(N)=NCCCC(NC(=O)C(N)CO)C(=O)NC(Cc1ccc(O)cc1)C(=O)NC(Cc1ccc(O)cc1)C(=O)O. The Morgan fingerprint density at radius 2 is 1.19 bits per heavy atom. The molecule has 4 unspecified atom stereocenters. The molecular weight excluding hydrogens is 550 g/mol. The molecule has 42 heavy (non-hydrogen) atoms. The van der Waals surface area contributed by atoms with E-state index in [-0.39, 0.29) is 49.7 Å². The third-order valence-electron chi connectivity index (χ3n) is 6.11. The van der Waals surface area contributed by atoms with Crippen molar-refractivity contribution in [3.8, 4) is 11.5 Å². The van der Waals surface area contributed by atoms with Crippen LogP contribution in [0.5, 0.6) is 11.5 Å². The van der Waals surface area contributed by atoms with Crippen molar-refractivity contribution in [1.29, 1.82) is 0 Å². The van der Waals surface area contributed by atoms with Crippen LogP contribution in [-0.2, 0) is 32.0 Å². The molecule has 0 spiro atoms. The second-order valence-electron chi connectivity index (χ2n) is 9.50. The van der Waals surface area contributed by atoms with Crippen molar-refractivity contribution in [3.63, 3.8) is 0 Å². The summed E-state index contributed by atoms with van der Waals surface area (Å²) in [7, 11) is 0. The summed E-state index contributed by atoms with van der Waals surface area (Å²) in [5.74, 6) is -3.91. The molecule has 0 fully saturated rings. The van der Waals surface area contributed by atoms with Crippen LogP contribution >= 0.6 is 0 Å². The molecule has 228 valence electrons. The van der Waals surface area contributed by atoms with Crippen LogP contribution in [-0.4, -0.2) is 87.4 Å². The fourth-order valence-corrected chi connectivity index (χ4v) is 3.82. The molecule has 0 aliphatic rings. The molecule has 15 heteroatoms. The molecule has 0 aliphatic carbocycles. The third kappa shape index (κ3) is 11.3. The monoisotopic (exact) mass is 587 g/mol. The molecule has 2 rings (SSSR count). The lowest BCUT2D eigenvalue weighted by atomic mass is 10.0. The minimum absolute atomic E-state index is 0.00813. The Morgan fingerprint density at radius 3 is 1.67 bits per heavy atom. The summed E-state index contributed by atoms with van der Waals surface area (Å²) in [4.78, 5) is 54.9. The number of aliphatic carboxylic acids is 1. The van der Waals surface area contributed by atoms with E-state index in [0.29, 0.717) is 11.1 Å². The highest BCUT2D eigenvalue weighted by Gasteiger charge is 2.30. The normalized spacial score (nSPS) is 13.6. The van der Waals surface area contributed by atoms with Gasteiger partial charge in [-0.25, -0.2) is 4.79 Å². The van der Waals surface area contributed by atoms with E-state index in [4.69, 9.17) is 17.2 Å². The second kappa shape index (κ2) is 16.4. The lowest BCUT2D eigenvalue weighted by Gasteiger charge is -2.25. The lowest BCUT2D eigenvalue weighted by molar-refractivity contribution is -0.142. The quantitative estimate of drug-likeness (QED) is 0.0571. The van der Waals surface area contributed by atoms with Crippen molar-refractivity contribution in [1.82, 2.24) is 16.0 Å². The Kier molecular flexibility index (Phi) is 13.0. The number of rotatable bonds is 16. The summed E-state index contributed by atoms with van der Waals surface area (Å²) < 4.78 is 0. The van der Waals surface area contributed by atoms with Gasteiger partial charge < -0.3 is 53.6 Å². The fraction of sp³-hybridized carbons (Fsp3) is 0.370. The Hall–Kier alpha value is -4.89. The van der Waals surface area contributed by atoms with Gasteiger partial charge in [-0.1, -0.05) is 24.3 Å². The van der Waals surface area contributed by atoms with Gasteiger partial charge in [-0.05, 0) is 48.2 Å². The van der Waals surface area contributed by atoms with Gasteiger partial charge in [-0.2, -0.15) is 0 Å². The first-order valence-corrected chi connectivity index (χ1v) is 13.0. The maximum absolute atomic E-state index is 13.4. The summed E-state index contributed by atoms with van der Waals surface area (Å²) in [6.45, 7) is -0.527. The number of phenols is 2. The van der Waals surface area contributed by atoms with Gasteiger partial charge in [0, 0.05) is 19.4 Å². The van der Waals surface area contributed by atoms with Gasteiger partial charge in [0.15, 0.2) is 5.96 Å². The molecule has 0 aliphatic heterocycles. The molecule has 0 bridgehead atoms. The van der Waals surface area contributed by atoms with Crippen LogP contribution in [0.1, 0.15) is 24.0 Å². The number of nitrogens with zero attached hydrogens (tertiary/aromatic N) is 1. The van der Waals surface area contributed by atoms with Crippen molar-refractivity contribution in [3.05, 3.63) is 59.7 Å². The van der Waals surface area contributed by atoms with Crippen LogP contribution in [0.3, 0.4) is 0 Å². The van der Waals surface area contributed by atoms with Gasteiger partial charge in [0.1, 0.15) is 35.7 Å². The molecule has 0 saturated carbocycles. The second-order valence-corrected chi connectivity index (χ2v) is 9.50. The highest BCUT2D eigenvalue weighted by Crippen LogP contribution is 2.14. The lowest BCUT2D eigenvalue weighted by Crippen LogP contribution is -2.58. The van der Waals surface area contributed by atoms with Gasteiger partial charge in [-0.15, -0.1) is 0 Å². The summed E-state index contributed by atoms with van der Waals surface area (Å²) in [6, 6.07) is 6.45. The smallest absolute Gasteiger partial charge is 0.326 e. The van der Waals surface area contributed by atoms with Crippen molar-refractivity contribution < 1.29 is 39.6 Å². The number of aromatic hydroxyl groups is 2. The highest BCUT2D eigenvalue weighted by molar-refractivity contribution is 5.94. The molecule has 3 amide bonds. The predicted octanol–water partition coefficient (Wildman–Crippen LogP) is -2.20. The topological polar surface area (TPSA) is 276 Å². The Bertz CT molecular complexity index is 1230. The summed E-state index contributed by atoms with van der Waals surface area (Å²) in [5.41, 5.74) is 17.3. The van der Waals surface area contributed by atoms with Crippen LogP contribution in [0.15, 0.2) is 53.5 Å². The van der Waals surface area contributed by atoms with Crippen LogP contribution < -0.4 is 33.2 Å². The van der Waals surface area contributed by atoms with Crippen LogP contribution in [0.4, 0.5) is 0 Å². The molecule has 0 radical (unpaired) electrons. The Balaban J connectivity index is 2.28. The molecule has 0 heterocycles. The predicted molar refractivity (Wildman–Crippen MR) is 152 cm³/mol. The van der Waals surface area contributed by atoms with E-state index >= 15 is 0 Å². The minimum Gasteiger partial charge on any atom is -0.508 e. The van der Waals surface area contributed by atoms with Crippen LogP contribution in [0.25, 0.3) is 0 Å². The van der Waals surface area contributed by atoms with Gasteiger partial charge in [0.05, 0.1) is 6.61 Å². The van der Waals surface area contributed by atoms with E-state index in [1.165, 1.54) is 48.5 Å². The largest absolute Gasteiger partial charge is 0.508 e. The molecular formula is C27H37N7O8. The van der Waals surface area contributed by atoms with E-state index in [2.05, 4.69) is 20.9 Å². The first-order valence-electron chi connectivity index (χ1n) is 13.0. The number of nitrogens with one attached hydrogen (secondary N) is 3. The van der Waals surface area contributed by atoms with E-state index in [9.17, 15) is 39.6 Å². The number of guanidine groups is 1. The number of nitrogens with two attached hydrogens (primary N) is 3. The van der Waals surface area contributed by atoms with Crippen LogP contribution in [0.2, 0.25) is 0 Å². The van der Waals surface area contributed by atoms with Crippen molar-refractivity contribution in [2.45, 2.75) is 49.9 Å². The number of benzene rings is 2. The number of carbonyl (C=O) groups is 4. The van der Waals surface area contributed by atoms with E-state index in [1.807, 2.05) is 0 Å². The molecule has 2 aromatic rings. The molecule has 0 saturated heterocycles. The number of aliphatic imine (C=N–C) groups is 1. The number of carboxylic acids is 1. The maximum atomic E-state index is 13.4. The van der Waals surface area contributed by atoms with Gasteiger partial charge in [-0.3, -0.25) is 19.4 Å². The maximum Gasteiger partial charge on any atom is 0.326 e. The number of aliphatic hydroxyl groups is 1. The highest BCUT2D eigenvalue weighted by atomic mass is 16.4. The van der Waals surface area contributed by atoms with Crippen molar-refractivity contribution >= 4 is 29.7 Å². The molecule has 2 aromatic carbocycles. The van der Waals surface area contributed by atoms with Gasteiger partial charge in [0.2, 0.25) is 17.7 Å². The first kappa shape index (κ1) is 33.3. The van der Waals surface area contributed by atoms with Crippen molar-refractivity contribution in [2.75, 3.05) is 13.2 Å². The van der Waals surface area contributed by atoms with E-state index in [1.54, 1.807) is 0 Å². The van der Waals surface area contributed by atoms with E-state index < -0.39 is 54.5 Å². The number of aliphatic hydroxyl groups excluding tert-OH is 1. The Morgan fingerprint density at radius 1 is 0.738 bits per heavy atom. The molecule has 0 aromatic heterocycles. The zero-order valence-corrected chi connectivity index (χ0v) is 22.8. The number of hydrogen-bond donors (Lipinski definition) is 10. The average Bonchev–Trinajstić information content (AvgIpc) is 2.95. The standard InChI is InChI=1S/C27H37N7O8/c28-19(14-35)23(38)32-20(2-1-11-31-27(29)30)24(39)33-21(12-15-3-7-17(36)8-4-15)25(40)34-22(26(41)42)13-16-5-9-18(37)10-6-16/h3-10,19-22,35-37H,1-2,11-14,28H2,(H,32,38)(H,33,39)(H,34,40)(H,41,42)(H4,29,30,31). The van der Waals surface area contributed by atoms with Crippen molar-refractivity contribution in [2.24, 2.45) is 22.2 Å². The minimum atomic E-state index is -1.38. The average molecular weight is 588 g/mol. The number of amides is 3. The number of carboxylic acid groups (broad SMARTS) is 1. The third-order valence-corrected chi connectivity index (χ3v) is 6.11. The first-order chi connectivity index (χ1) is 19.9. The zero-order valence-electron chi connectivity index (χ0n) is 22.8. The Labute approximate surface area is 241 Å². The van der Waals surface area contributed by atoms with Gasteiger partial charge in [0.25, 0.3) is 0 Å². The number of hydrogen-bond acceptors (Lipinski definition) is 9. The zero-order chi connectivity index (χ0) is 31.2. The molecule has 4 atom stereocenters. The molecule has 13 N–H and O–H groups in total. The summed E-state index contributed by atoms with van der Waals surface area (Å²) in [5, 5.41) is 45.5. The van der Waals surface area contributed by atoms with Crippen LogP contribution in [0, 0.1) is 0 Å². The van der Waals surface area contributed by atoms with E-state index in [0.717, 1.165) is 0 Å². The molecule has 15 nitrogen and oxygen atoms in total. The van der Waals surface area contributed by atoms with Gasteiger partial charge >= 0.3 is 5.97 Å². The summed E-state index contributed by atoms with van der Waals surface area (Å²) >= 11 is 0. The summed E-state index contributed by atoms with van der Waals surface area (Å²) in [6.07, 6.45) is 0.101. The number of phenolic OH excluding ortho intramolecular Hbond substituents is 2. The fourth-order valence-electron chi connectivity index (χ4n) is 3.82.